The van der Waals surface area contributed by atoms with Crippen molar-refractivity contribution >= 4 is 23.4 Å². The number of rotatable bonds is 3. The van der Waals surface area contributed by atoms with Gasteiger partial charge in [-0.25, -0.2) is 4.98 Å². The summed E-state index contributed by atoms with van der Waals surface area (Å²) in [5.74, 6) is 0.780. The van der Waals surface area contributed by atoms with Gasteiger partial charge in [0.1, 0.15) is 11.1 Å². The number of thioether (sulfide) groups is 1. The maximum Gasteiger partial charge on any atom is 0.115 e. The fraction of sp³-hybridized carbons (Fsp3) is 0.200. The molecule has 0 fully saturated rings. The fourth-order valence-electron chi connectivity index (χ4n) is 1.78. The monoisotopic (exact) mass is 288 g/mol. The van der Waals surface area contributed by atoms with E-state index in [0.29, 0.717) is 5.56 Å². The molecule has 1 heterocycles. The summed E-state index contributed by atoms with van der Waals surface area (Å²) in [6.45, 7) is 3.89. The highest BCUT2D eigenvalue weighted by molar-refractivity contribution is 7.98. The zero-order valence-corrected chi connectivity index (χ0v) is 12.3. The second-order valence-corrected chi connectivity index (χ2v) is 5.69. The lowest BCUT2D eigenvalue weighted by atomic mass is 10.1. The summed E-state index contributed by atoms with van der Waals surface area (Å²) in [4.78, 5) is 4.45. The average molecular weight is 289 g/mol. The predicted octanol–water partition coefficient (Wildman–Crippen LogP) is 4.52. The number of hydrogen-bond acceptors (Lipinski definition) is 3. The van der Waals surface area contributed by atoms with Crippen LogP contribution >= 0.6 is 23.4 Å². The van der Waals surface area contributed by atoms with Crippen LogP contribution in [0.3, 0.4) is 0 Å². The molecule has 0 amide bonds. The maximum absolute atomic E-state index is 9.20. The average Bonchev–Trinajstić information content (AvgIpc) is 2.37. The molecule has 19 heavy (non-hydrogen) atoms. The zero-order valence-electron chi connectivity index (χ0n) is 10.8. The molecule has 0 saturated carbocycles. The number of aromatic nitrogens is 1. The van der Waals surface area contributed by atoms with Crippen LogP contribution in [-0.4, -0.2) is 4.98 Å². The van der Waals surface area contributed by atoms with Crippen molar-refractivity contribution in [1.82, 2.24) is 4.98 Å². The van der Waals surface area contributed by atoms with Crippen molar-refractivity contribution in [3.05, 3.63) is 57.7 Å². The fourth-order valence-corrected chi connectivity index (χ4v) is 2.96. The van der Waals surface area contributed by atoms with Gasteiger partial charge >= 0.3 is 0 Å². The minimum atomic E-state index is 0.671. The number of pyridine rings is 1. The Morgan fingerprint density at radius 2 is 1.95 bits per heavy atom. The second-order valence-electron chi connectivity index (χ2n) is 4.29. The number of hydrogen-bond donors (Lipinski definition) is 0. The van der Waals surface area contributed by atoms with Crippen molar-refractivity contribution in [2.24, 2.45) is 0 Å². The summed E-state index contributed by atoms with van der Waals surface area (Å²) in [6.07, 6.45) is 0. The van der Waals surface area contributed by atoms with Gasteiger partial charge in [-0.15, -0.1) is 11.8 Å². The summed E-state index contributed by atoms with van der Waals surface area (Å²) in [5.41, 5.74) is 3.76. The lowest BCUT2D eigenvalue weighted by Gasteiger charge is -2.07. The smallest absolute Gasteiger partial charge is 0.115 e. The van der Waals surface area contributed by atoms with Gasteiger partial charge in [0.05, 0.1) is 5.56 Å². The molecule has 96 valence electrons. The first kappa shape index (κ1) is 13.9. The number of halogens is 1. The van der Waals surface area contributed by atoms with E-state index in [1.165, 1.54) is 5.56 Å². The molecule has 0 bridgehead atoms. The Kier molecular flexibility index (Phi) is 4.47. The normalized spacial score (nSPS) is 10.2. The number of benzene rings is 1. The Morgan fingerprint density at radius 3 is 2.58 bits per heavy atom. The third-order valence-electron chi connectivity index (χ3n) is 2.71. The third kappa shape index (κ3) is 3.50. The van der Waals surface area contributed by atoms with E-state index in [0.717, 1.165) is 27.1 Å². The Morgan fingerprint density at radius 1 is 1.26 bits per heavy atom. The molecule has 2 aromatic rings. The highest BCUT2D eigenvalue weighted by atomic mass is 35.5. The maximum atomic E-state index is 9.20. The minimum Gasteiger partial charge on any atom is -0.245 e. The van der Waals surface area contributed by atoms with Crippen LogP contribution in [0.4, 0.5) is 0 Å². The molecule has 0 aliphatic heterocycles. The summed E-state index contributed by atoms with van der Waals surface area (Å²) in [7, 11) is 0. The number of nitriles is 1. The highest BCUT2D eigenvalue weighted by Crippen LogP contribution is 2.27. The van der Waals surface area contributed by atoms with Gasteiger partial charge in [0, 0.05) is 16.5 Å². The van der Waals surface area contributed by atoms with Crippen molar-refractivity contribution in [2.45, 2.75) is 24.6 Å². The lowest BCUT2D eigenvalue weighted by molar-refractivity contribution is 1.03. The van der Waals surface area contributed by atoms with Gasteiger partial charge in [0.25, 0.3) is 0 Å². The molecule has 0 radical (unpaired) electrons. The first-order valence-corrected chi connectivity index (χ1v) is 7.22. The molecule has 1 aromatic carbocycles. The van der Waals surface area contributed by atoms with Gasteiger partial charge in [-0.2, -0.15) is 5.26 Å². The lowest BCUT2D eigenvalue weighted by Crippen LogP contribution is -1.94. The van der Waals surface area contributed by atoms with Crippen LogP contribution in [-0.2, 0) is 5.75 Å². The summed E-state index contributed by atoms with van der Waals surface area (Å²) >= 11 is 7.44. The van der Waals surface area contributed by atoms with Crippen LogP contribution < -0.4 is 0 Å². The van der Waals surface area contributed by atoms with Gasteiger partial charge in [-0.3, -0.25) is 0 Å². The van der Waals surface area contributed by atoms with E-state index < -0.39 is 0 Å². The largest absolute Gasteiger partial charge is 0.245 e. The molecule has 0 N–H and O–H groups in total. The number of aryl methyl sites for hydroxylation is 2. The van der Waals surface area contributed by atoms with E-state index in [1.54, 1.807) is 11.8 Å². The van der Waals surface area contributed by atoms with E-state index in [2.05, 4.69) is 11.1 Å². The minimum absolute atomic E-state index is 0.671. The second kappa shape index (κ2) is 6.10. The van der Waals surface area contributed by atoms with Gasteiger partial charge in [-0.1, -0.05) is 23.7 Å². The molecule has 1 aromatic heterocycles. The van der Waals surface area contributed by atoms with E-state index in [4.69, 9.17) is 11.6 Å². The van der Waals surface area contributed by atoms with Crippen LogP contribution in [0.25, 0.3) is 0 Å². The highest BCUT2D eigenvalue weighted by Gasteiger charge is 2.09. The Hall–Kier alpha value is -1.50. The van der Waals surface area contributed by atoms with Crippen LogP contribution in [0.2, 0.25) is 5.02 Å². The number of nitrogens with zero attached hydrogens (tertiary/aromatic N) is 2. The molecule has 0 spiro atoms. The van der Waals surface area contributed by atoms with E-state index in [-0.39, 0.29) is 0 Å². The zero-order chi connectivity index (χ0) is 13.8. The van der Waals surface area contributed by atoms with Crippen molar-refractivity contribution < 1.29 is 0 Å². The molecule has 0 aliphatic carbocycles. The summed E-state index contributed by atoms with van der Waals surface area (Å²) in [6, 6.07) is 11.9. The quantitative estimate of drug-likeness (QED) is 0.779. The van der Waals surface area contributed by atoms with E-state index in [1.807, 2.05) is 44.2 Å². The van der Waals surface area contributed by atoms with Crippen LogP contribution in [0.1, 0.15) is 22.4 Å². The van der Waals surface area contributed by atoms with Crippen molar-refractivity contribution in [3.8, 4) is 6.07 Å². The Labute approximate surface area is 122 Å². The Bertz CT molecular complexity index is 630. The van der Waals surface area contributed by atoms with Gasteiger partial charge in [0.15, 0.2) is 0 Å². The predicted molar refractivity (Wildman–Crippen MR) is 79.4 cm³/mol. The van der Waals surface area contributed by atoms with Crippen molar-refractivity contribution in [1.29, 1.82) is 5.26 Å². The molecule has 2 rings (SSSR count). The van der Waals surface area contributed by atoms with Crippen LogP contribution in [0.15, 0.2) is 35.4 Å². The van der Waals surface area contributed by atoms with Gasteiger partial charge < -0.3 is 0 Å². The standard InChI is InChI=1S/C15H13ClN2S/c1-10-7-11(2)18-15(14(10)8-17)19-9-12-3-5-13(16)6-4-12/h3-7H,9H2,1-2H3. The van der Waals surface area contributed by atoms with Crippen molar-refractivity contribution in [3.63, 3.8) is 0 Å². The summed E-state index contributed by atoms with van der Waals surface area (Å²) < 4.78 is 0. The van der Waals surface area contributed by atoms with Crippen LogP contribution in [0, 0.1) is 25.2 Å². The molecule has 4 heteroatoms. The molecular weight excluding hydrogens is 276 g/mol. The first-order chi connectivity index (χ1) is 9.10. The molecular formula is C15H13ClN2S. The van der Waals surface area contributed by atoms with Crippen molar-refractivity contribution in [2.75, 3.05) is 0 Å². The van der Waals surface area contributed by atoms with Gasteiger partial charge in [0.2, 0.25) is 0 Å². The topological polar surface area (TPSA) is 36.7 Å². The summed E-state index contributed by atoms with van der Waals surface area (Å²) in [5, 5.41) is 10.7. The third-order valence-corrected chi connectivity index (χ3v) is 4.01. The van der Waals surface area contributed by atoms with Crippen LogP contribution in [0.5, 0.6) is 0 Å². The van der Waals surface area contributed by atoms with E-state index >= 15 is 0 Å². The van der Waals surface area contributed by atoms with E-state index in [9.17, 15) is 5.26 Å². The Balaban J connectivity index is 2.20. The molecule has 0 unspecified atom stereocenters. The molecule has 2 nitrogen and oxygen atoms in total. The first-order valence-electron chi connectivity index (χ1n) is 5.85. The molecule has 0 saturated heterocycles. The molecule has 0 aliphatic rings. The SMILES string of the molecule is Cc1cc(C)c(C#N)c(SCc2ccc(Cl)cc2)n1. The van der Waals surface area contributed by atoms with Gasteiger partial charge in [-0.05, 0) is 43.2 Å². The molecule has 0 atom stereocenters.